The number of ether oxygens (including phenoxy) is 1. The van der Waals surface area contributed by atoms with Crippen molar-refractivity contribution in [3.63, 3.8) is 0 Å². The van der Waals surface area contributed by atoms with Crippen LogP contribution in [0.5, 0.6) is 5.75 Å². The van der Waals surface area contributed by atoms with Gasteiger partial charge in [0.1, 0.15) is 5.75 Å². The highest BCUT2D eigenvalue weighted by Gasteiger charge is 2.60. The molecule has 4 rings (SSSR count). The van der Waals surface area contributed by atoms with Gasteiger partial charge in [0.25, 0.3) is 0 Å². The minimum Gasteiger partial charge on any atom is -0.497 e. The van der Waals surface area contributed by atoms with Gasteiger partial charge in [-0.3, -0.25) is 0 Å². The zero-order chi connectivity index (χ0) is 18.4. The van der Waals surface area contributed by atoms with E-state index in [4.69, 9.17) is 17.4 Å². The van der Waals surface area contributed by atoms with Crippen molar-refractivity contribution in [2.45, 2.75) is 88.7 Å². The van der Waals surface area contributed by atoms with Gasteiger partial charge in [-0.25, -0.2) is 0 Å². The van der Waals surface area contributed by atoms with E-state index in [1.807, 2.05) is 0 Å². The number of aryl methyl sites for hydroxylation is 1. The maximum atomic E-state index is 5.47. The highest BCUT2D eigenvalue weighted by atomic mass is 32.1. The summed E-state index contributed by atoms with van der Waals surface area (Å²) in [5.41, 5.74) is 3.62. The Morgan fingerprint density at radius 3 is 2.77 bits per heavy atom. The molecule has 0 saturated heterocycles. The van der Waals surface area contributed by atoms with E-state index in [-0.39, 0.29) is 4.75 Å². The molecule has 1 nitrogen and oxygen atoms in total. The van der Waals surface area contributed by atoms with Crippen LogP contribution in [-0.4, -0.2) is 11.9 Å². The molecule has 1 aromatic rings. The number of thiol groups is 1. The van der Waals surface area contributed by atoms with Gasteiger partial charge in [-0.2, -0.15) is 12.6 Å². The van der Waals surface area contributed by atoms with Crippen LogP contribution in [0, 0.1) is 17.3 Å². The molecular formula is C24H36OS. The molecule has 0 heterocycles. The van der Waals surface area contributed by atoms with Gasteiger partial charge in [0.15, 0.2) is 0 Å². The summed E-state index contributed by atoms with van der Waals surface area (Å²) >= 11 is 5.38. The van der Waals surface area contributed by atoms with E-state index in [0.29, 0.717) is 5.41 Å². The molecule has 2 saturated carbocycles. The Bertz CT molecular complexity index is 656. The van der Waals surface area contributed by atoms with Gasteiger partial charge in [0.2, 0.25) is 0 Å². The smallest absolute Gasteiger partial charge is 0.119 e. The summed E-state index contributed by atoms with van der Waals surface area (Å²) in [7, 11) is 1.78. The molecule has 0 aromatic heterocycles. The number of hydrogen-bond acceptors (Lipinski definition) is 2. The van der Waals surface area contributed by atoms with Gasteiger partial charge in [0, 0.05) is 4.75 Å². The normalized spacial score (nSPS) is 38.4. The van der Waals surface area contributed by atoms with E-state index in [9.17, 15) is 0 Å². The Morgan fingerprint density at radius 1 is 1.15 bits per heavy atom. The molecule has 0 bridgehead atoms. The largest absolute Gasteiger partial charge is 0.497 e. The molecule has 2 heteroatoms. The van der Waals surface area contributed by atoms with Crippen LogP contribution in [0.25, 0.3) is 0 Å². The van der Waals surface area contributed by atoms with Crippen LogP contribution in [-0.2, 0) is 6.42 Å². The summed E-state index contributed by atoms with van der Waals surface area (Å²) in [6.07, 6.45) is 13.4. The van der Waals surface area contributed by atoms with Crippen molar-refractivity contribution in [1.29, 1.82) is 0 Å². The monoisotopic (exact) mass is 372 g/mol. The lowest BCUT2D eigenvalue weighted by Crippen LogP contribution is -2.48. The molecule has 0 spiro atoms. The number of hydrogen-bond donors (Lipinski definition) is 1. The standard InChI is InChI=1S/C24H36OS/c1-4-5-6-13-24(26)15-12-22-21-9-7-17-16-18(25-3)8-10-19(17)20(21)11-14-23(22,24)2/h8,10,16,20-22,26H,4-7,9,11-15H2,1-3H3/t20-,21-,22+,23+,24+/m1/s1. The molecular weight excluding hydrogens is 336 g/mol. The van der Waals surface area contributed by atoms with Crippen LogP contribution in [0.15, 0.2) is 18.2 Å². The SMILES string of the molecule is CCCCC[C@]1(S)CC[C@H]2[C@@H]3CCc4cc(OC)ccc4[C@H]3CC[C@@]21C. The average Bonchev–Trinajstić information content (AvgIpc) is 2.92. The van der Waals surface area contributed by atoms with E-state index < -0.39 is 0 Å². The van der Waals surface area contributed by atoms with Gasteiger partial charge >= 0.3 is 0 Å². The van der Waals surface area contributed by atoms with Crippen molar-refractivity contribution in [1.82, 2.24) is 0 Å². The topological polar surface area (TPSA) is 9.23 Å². The zero-order valence-corrected chi connectivity index (χ0v) is 17.8. The van der Waals surface area contributed by atoms with E-state index in [2.05, 4.69) is 32.0 Å². The fraction of sp³-hybridized carbons (Fsp3) is 0.750. The summed E-state index contributed by atoms with van der Waals surface area (Å²) in [5.74, 6) is 3.54. The fourth-order valence-corrected chi connectivity index (χ4v) is 7.44. The van der Waals surface area contributed by atoms with E-state index in [0.717, 1.165) is 23.5 Å². The zero-order valence-electron chi connectivity index (χ0n) is 16.9. The Kier molecular flexibility index (Phi) is 5.09. The third-order valence-electron chi connectivity index (χ3n) is 8.45. The molecule has 0 amide bonds. The molecule has 0 aliphatic heterocycles. The third kappa shape index (κ3) is 2.82. The quantitative estimate of drug-likeness (QED) is 0.442. The van der Waals surface area contributed by atoms with Crippen molar-refractivity contribution < 1.29 is 4.74 Å². The van der Waals surface area contributed by atoms with E-state index in [1.54, 1.807) is 18.2 Å². The second kappa shape index (κ2) is 7.08. The Labute approximate surface area is 165 Å². The minimum atomic E-state index is 0.276. The predicted octanol–water partition coefficient (Wildman–Crippen LogP) is 6.80. The number of benzene rings is 1. The predicted molar refractivity (Wildman–Crippen MR) is 113 cm³/mol. The fourth-order valence-electron chi connectivity index (χ4n) is 6.87. The van der Waals surface area contributed by atoms with Gasteiger partial charge in [-0.1, -0.05) is 39.2 Å². The molecule has 1 aromatic carbocycles. The average molecular weight is 373 g/mol. The Morgan fingerprint density at radius 2 is 2.00 bits per heavy atom. The molecule has 26 heavy (non-hydrogen) atoms. The van der Waals surface area contributed by atoms with Crippen molar-refractivity contribution in [2.75, 3.05) is 7.11 Å². The van der Waals surface area contributed by atoms with Crippen molar-refractivity contribution >= 4 is 12.6 Å². The number of rotatable bonds is 5. The highest BCUT2D eigenvalue weighted by Crippen LogP contribution is 2.67. The van der Waals surface area contributed by atoms with Crippen LogP contribution in [0.1, 0.15) is 88.7 Å². The molecule has 5 atom stereocenters. The summed E-state index contributed by atoms with van der Waals surface area (Å²) in [6, 6.07) is 6.84. The third-order valence-corrected chi connectivity index (χ3v) is 9.41. The summed E-state index contributed by atoms with van der Waals surface area (Å²) < 4.78 is 5.74. The van der Waals surface area contributed by atoms with Gasteiger partial charge < -0.3 is 4.74 Å². The molecule has 0 radical (unpaired) electrons. The number of methoxy groups -OCH3 is 1. The minimum absolute atomic E-state index is 0.276. The Hall–Kier alpha value is -0.630. The van der Waals surface area contributed by atoms with Crippen molar-refractivity contribution in [2.24, 2.45) is 17.3 Å². The van der Waals surface area contributed by atoms with Gasteiger partial charge in [-0.05, 0) is 91.4 Å². The summed E-state index contributed by atoms with van der Waals surface area (Å²) in [5, 5.41) is 0. The van der Waals surface area contributed by atoms with Gasteiger partial charge in [0.05, 0.1) is 7.11 Å². The summed E-state index contributed by atoms with van der Waals surface area (Å²) in [6.45, 7) is 4.91. The summed E-state index contributed by atoms with van der Waals surface area (Å²) in [4.78, 5) is 0. The Balaban J connectivity index is 1.58. The molecule has 144 valence electrons. The van der Waals surface area contributed by atoms with Crippen LogP contribution in [0.3, 0.4) is 0 Å². The highest BCUT2D eigenvalue weighted by molar-refractivity contribution is 7.81. The molecule has 2 fully saturated rings. The molecule has 3 aliphatic rings. The molecule has 0 N–H and O–H groups in total. The van der Waals surface area contributed by atoms with Crippen LogP contribution in [0.2, 0.25) is 0 Å². The first-order valence-corrected chi connectivity index (χ1v) is 11.4. The lowest BCUT2D eigenvalue weighted by molar-refractivity contribution is 0.0380. The number of fused-ring (bicyclic) bond motifs is 5. The lowest BCUT2D eigenvalue weighted by Gasteiger charge is -2.54. The maximum absolute atomic E-state index is 5.47. The second-order valence-corrected chi connectivity index (χ2v) is 10.3. The molecule has 0 unspecified atom stereocenters. The first-order chi connectivity index (χ1) is 12.5. The van der Waals surface area contributed by atoms with Gasteiger partial charge in [-0.15, -0.1) is 0 Å². The first kappa shape index (κ1) is 18.7. The van der Waals surface area contributed by atoms with Crippen molar-refractivity contribution in [3.8, 4) is 5.75 Å². The lowest BCUT2D eigenvalue weighted by atomic mass is 9.53. The first-order valence-electron chi connectivity index (χ1n) is 10.9. The maximum Gasteiger partial charge on any atom is 0.119 e. The van der Waals surface area contributed by atoms with E-state index in [1.165, 1.54) is 64.2 Å². The molecule has 3 aliphatic carbocycles. The van der Waals surface area contributed by atoms with Crippen molar-refractivity contribution in [3.05, 3.63) is 29.3 Å². The van der Waals surface area contributed by atoms with Crippen LogP contribution >= 0.6 is 12.6 Å². The number of unbranched alkanes of at least 4 members (excludes halogenated alkanes) is 2. The van der Waals surface area contributed by atoms with Crippen LogP contribution in [0.4, 0.5) is 0 Å². The van der Waals surface area contributed by atoms with Crippen LogP contribution < -0.4 is 4.74 Å². The van der Waals surface area contributed by atoms with E-state index >= 15 is 0 Å². The second-order valence-electron chi connectivity index (χ2n) is 9.46.